The molecule has 0 spiro atoms. The number of nitrogens with two attached hydrogens (primary N) is 1. The van der Waals surface area contributed by atoms with Crippen LogP contribution in [0.15, 0.2) is 90.1 Å². The van der Waals surface area contributed by atoms with Crippen LogP contribution in [0.2, 0.25) is 0 Å². The van der Waals surface area contributed by atoms with E-state index in [0.29, 0.717) is 45.4 Å². The number of fused-ring (bicyclic) bond motifs is 1. The lowest BCUT2D eigenvalue weighted by Gasteiger charge is -2.32. The Balaban J connectivity index is 1.15. The predicted molar refractivity (Wildman–Crippen MR) is 176 cm³/mol. The maximum absolute atomic E-state index is 13.4. The van der Waals surface area contributed by atoms with Gasteiger partial charge in [-0.15, -0.1) is 0 Å². The first-order chi connectivity index (χ1) is 23.0. The highest BCUT2D eigenvalue weighted by atomic mass is 19.1. The lowest BCUT2D eigenvalue weighted by Crippen LogP contribution is -2.38. The summed E-state index contributed by atoms with van der Waals surface area (Å²) < 4.78 is 16.4. The first-order valence-corrected chi connectivity index (χ1v) is 15.2. The molecule has 6 heterocycles. The van der Waals surface area contributed by atoms with E-state index in [4.69, 9.17) is 21.0 Å². The summed E-state index contributed by atoms with van der Waals surface area (Å²) in [6, 6.07) is 22.7. The summed E-state index contributed by atoms with van der Waals surface area (Å²) in [7, 11) is 0. The summed E-state index contributed by atoms with van der Waals surface area (Å²) in [5, 5.41) is 12.5. The molecule has 0 aliphatic carbocycles. The first kappa shape index (κ1) is 29.7. The standard InChI is InChI=1S/C34H30FN11O/c35-21-45-20-23(5-10-31(45)47)27-8-9-28-34(41-27)46(33(42-28)26-2-1-14-39-32(26)37)25-6-3-22(4-7-25)19-44-16-12-24(13-17-44)40-29-11-15-38-30(18-36)43-29/h1-11,14-15,20,24H,12-13,16-17,19,21H2,(H2,37,39)(H,38,40,43). The number of nitrogens with zero attached hydrogens (tertiary/aromatic N) is 9. The van der Waals surface area contributed by atoms with Crippen LogP contribution in [0.4, 0.5) is 16.0 Å². The van der Waals surface area contributed by atoms with Gasteiger partial charge in [-0.3, -0.25) is 18.8 Å². The van der Waals surface area contributed by atoms with Crippen molar-refractivity contribution in [1.29, 1.82) is 5.26 Å². The van der Waals surface area contributed by atoms with E-state index in [9.17, 15) is 9.18 Å². The number of nitrogen functional groups attached to an aromatic ring is 1. The molecule has 1 fully saturated rings. The molecule has 0 saturated carbocycles. The van der Waals surface area contributed by atoms with Crippen LogP contribution >= 0.6 is 0 Å². The number of nitrogens with one attached hydrogen (secondary N) is 1. The number of aromatic nitrogens is 7. The molecule has 6 aromatic rings. The average Bonchev–Trinajstić information content (AvgIpc) is 3.48. The van der Waals surface area contributed by atoms with Crippen molar-refractivity contribution in [3.8, 4) is 34.4 Å². The topological polar surface area (TPSA) is 156 Å². The second-order valence-corrected chi connectivity index (χ2v) is 11.3. The maximum Gasteiger partial charge on any atom is 0.252 e. The van der Waals surface area contributed by atoms with Crippen molar-refractivity contribution in [1.82, 2.24) is 39.0 Å². The highest BCUT2D eigenvalue weighted by Gasteiger charge is 2.21. The number of anilines is 2. The quantitative estimate of drug-likeness (QED) is 0.245. The predicted octanol–water partition coefficient (Wildman–Crippen LogP) is 4.56. The van der Waals surface area contributed by atoms with Crippen LogP contribution in [0, 0.1) is 11.3 Å². The zero-order chi connectivity index (χ0) is 32.3. The number of likely N-dealkylation sites (tertiary alicyclic amines) is 1. The number of rotatable bonds is 8. The lowest BCUT2D eigenvalue weighted by molar-refractivity contribution is 0.211. The molecule has 1 saturated heterocycles. The summed E-state index contributed by atoms with van der Waals surface area (Å²) >= 11 is 0. The highest BCUT2D eigenvalue weighted by molar-refractivity contribution is 5.84. The van der Waals surface area contributed by atoms with Crippen LogP contribution in [0.1, 0.15) is 24.2 Å². The molecule has 1 aromatic carbocycles. The van der Waals surface area contributed by atoms with Crippen molar-refractivity contribution in [2.24, 2.45) is 0 Å². The molecular formula is C34H30FN11O. The van der Waals surface area contributed by atoms with Crippen LogP contribution in [-0.2, 0) is 13.3 Å². The molecule has 1 aliphatic heterocycles. The van der Waals surface area contributed by atoms with Gasteiger partial charge in [0.25, 0.3) is 5.56 Å². The van der Waals surface area contributed by atoms with Gasteiger partial charge in [0.2, 0.25) is 5.82 Å². The van der Waals surface area contributed by atoms with Gasteiger partial charge in [-0.25, -0.2) is 29.3 Å². The molecule has 3 N–H and O–H groups in total. The van der Waals surface area contributed by atoms with Crippen molar-refractivity contribution in [3.63, 3.8) is 0 Å². The minimum Gasteiger partial charge on any atom is -0.383 e. The number of nitriles is 1. The monoisotopic (exact) mass is 627 g/mol. The fourth-order valence-electron chi connectivity index (χ4n) is 5.87. The molecule has 13 heteroatoms. The molecule has 0 radical (unpaired) electrons. The minimum atomic E-state index is -0.925. The summed E-state index contributed by atoms with van der Waals surface area (Å²) in [6.45, 7) is 1.73. The third kappa shape index (κ3) is 6.14. The van der Waals surface area contributed by atoms with Gasteiger partial charge in [-0.1, -0.05) is 12.1 Å². The van der Waals surface area contributed by atoms with Crippen molar-refractivity contribution in [2.45, 2.75) is 32.2 Å². The van der Waals surface area contributed by atoms with Crippen LogP contribution in [0.5, 0.6) is 0 Å². The van der Waals surface area contributed by atoms with Gasteiger partial charge in [0.15, 0.2) is 18.3 Å². The Morgan fingerprint density at radius 1 is 0.957 bits per heavy atom. The summed E-state index contributed by atoms with van der Waals surface area (Å²) in [4.78, 5) is 36.7. The van der Waals surface area contributed by atoms with Crippen LogP contribution < -0.4 is 16.6 Å². The maximum atomic E-state index is 13.4. The van der Waals surface area contributed by atoms with E-state index < -0.39 is 12.4 Å². The van der Waals surface area contributed by atoms with Crippen LogP contribution in [0.3, 0.4) is 0 Å². The van der Waals surface area contributed by atoms with Gasteiger partial charge in [-0.2, -0.15) is 5.26 Å². The molecule has 0 bridgehead atoms. The fraction of sp³-hybridized carbons (Fsp3) is 0.206. The van der Waals surface area contributed by atoms with E-state index in [-0.39, 0.29) is 11.9 Å². The highest BCUT2D eigenvalue weighted by Crippen LogP contribution is 2.32. The molecule has 0 unspecified atom stereocenters. The number of benzene rings is 1. The van der Waals surface area contributed by atoms with E-state index in [1.807, 2.05) is 41.0 Å². The van der Waals surface area contributed by atoms with E-state index in [1.54, 1.807) is 30.6 Å². The second kappa shape index (κ2) is 12.8. The lowest BCUT2D eigenvalue weighted by atomic mass is 10.0. The molecule has 12 nitrogen and oxygen atoms in total. The van der Waals surface area contributed by atoms with Gasteiger partial charge >= 0.3 is 0 Å². The summed E-state index contributed by atoms with van der Waals surface area (Å²) in [6.07, 6.45) is 6.61. The Labute approximate surface area is 269 Å². The molecule has 0 amide bonds. The van der Waals surface area contributed by atoms with Gasteiger partial charge in [0, 0.05) is 61.6 Å². The second-order valence-electron chi connectivity index (χ2n) is 11.3. The number of hydrogen-bond acceptors (Lipinski definition) is 10. The Kier molecular flexibility index (Phi) is 8.07. The largest absolute Gasteiger partial charge is 0.383 e. The van der Waals surface area contributed by atoms with E-state index in [2.05, 4.69) is 37.3 Å². The zero-order valence-electron chi connectivity index (χ0n) is 25.3. The van der Waals surface area contributed by atoms with Crippen molar-refractivity contribution < 1.29 is 4.39 Å². The SMILES string of the molecule is N#Cc1nccc(NC2CCN(Cc3ccc(-n4c(-c5cccnc5N)nc5ccc(-c6ccc(=O)n(CF)c6)nc54)cc3)CC2)n1. The van der Waals surface area contributed by atoms with Crippen molar-refractivity contribution >= 4 is 22.8 Å². The van der Waals surface area contributed by atoms with E-state index in [1.165, 1.54) is 17.8 Å². The Bertz CT molecular complexity index is 2160. The molecule has 7 rings (SSSR count). The average molecular weight is 628 g/mol. The summed E-state index contributed by atoms with van der Waals surface area (Å²) in [5.74, 6) is 1.78. The molecule has 5 aromatic heterocycles. The fourth-order valence-corrected chi connectivity index (χ4v) is 5.87. The number of pyridine rings is 3. The molecule has 47 heavy (non-hydrogen) atoms. The first-order valence-electron chi connectivity index (χ1n) is 15.2. The Morgan fingerprint density at radius 3 is 2.55 bits per heavy atom. The van der Waals surface area contributed by atoms with Crippen LogP contribution in [-0.4, -0.2) is 58.1 Å². The van der Waals surface area contributed by atoms with Crippen LogP contribution in [0.25, 0.3) is 39.5 Å². The number of hydrogen-bond donors (Lipinski definition) is 2. The zero-order valence-corrected chi connectivity index (χ0v) is 25.3. The number of alkyl halides is 1. The van der Waals surface area contributed by atoms with Gasteiger partial charge in [0.1, 0.15) is 23.2 Å². The van der Waals surface area contributed by atoms with Gasteiger partial charge in [-0.05, 0) is 66.9 Å². The Hall–Kier alpha value is -6.00. The van der Waals surface area contributed by atoms with Gasteiger partial charge < -0.3 is 11.1 Å². The normalized spacial score (nSPS) is 13.9. The molecule has 1 aliphatic rings. The molecule has 234 valence electrons. The van der Waals surface area contributed by atoms with Crippen molar-refractivity contribution in [2.75, 3.05) is 24.1 Å². The molecule has 0 atom stereocenters. The smallest absolute Gasteiger partial charge is 0.252 e. The molecular weight excluding hydrogens is 597 g/mol. The van der Waals surface area contributed by atoms with Crippen molar-refractivity contribution in [3.05, 3.63) is 107 Å². The number of halogens is 1. The van der Waals surface area contributed by atoms with Gasteiger partial charge in [0.05, 0.1) is 11.3 Å². The minimum absolute atomic E-state index is 0.160. The van der Waals surface area contributed by atoms with E-state index in [0.717, 1.165) is 42.7 Å². The number of piperidine rings is 1. The Morgan fingerprint density at radius 2 is 1.79 bits per heavy atom. The third-order valence-corrected chi connectivity index (χ3v) is 8.29. The third-order valence-electron chi connectivity index (χ3n) is 8.29. The van der Waals surface area contributed by atoms with E-state index >= 15 is 0 Å². The number of imidazole rings is 1. The summed E-state index contributed by atoms with van der Waals surface area (Å²) in [5.41, 5.74) is 11.0.